The molecule has 1 fully saturated rings. The molecule has 2 heterocycles. The first-order valence-corrected chi connectivity index (χ1v) is 15.1. The molecule has 0 unspecified atom stereocenters. The Morgan fingerprint density at radius 2 is 1.85 bits per heavy atom. The van der Waals surface area contributed by atoms with Crippen LogP contribution in [0.3, 0.4) is 0 Å². The zero-order valence-electron chi connectivity index (χ0n) is 22.2. The second-order valence-corrected chi connectivity index (χ2v) is 12.3. The number of halogens is 2. The molecule has 41 heavy (non-hydrogen) atoms. The lowest BCUT2D eigenvalue weighted by Gasteiger charge is -2.24. The normalized spacial score (nSPS) is 15.3. The van der Waals surface area contributed by atoms with Gasteiger partial charge < -0.3 is 9.47 Å². The van der Waals surface area contributed by atoms with Crippen LogP contribution in [0.25, 0.3) is 16.9 Å². The van der Waals surface area contributed by atoms with Crippen LogP contribution >= 0.6 is 23.2 Å². The first kappa shape index (κ1) is 29.1. The Labute approximate surface area is 248 Å². The van der Waals surface area contributed by atoms with E-state index >= 15 is 0 Å². The number of anilines is 1. The molecular formula is C29H28Cl2N4O5S. The van der Waals surface area contributed by atoms with Crippen LogP contribution in [0, 0.1) is 0 Å². The van der Waals surface area contributed by atoms with E-state index in [0.29, 0.717) is 40.2 Å². The van der Waals surface area contributed by atoms with E-state index in [1.165, 1.54) is 19.2 Å². The summed E-state index contributed by atoms with van der Waals surface area (Å²) >= 11 is 12.3. The number of hydrogen-bond acceptors (Lipinski definition) is 6. The fraction of sp³-hybridized carbons (Fsp3) is 0.241. The summed E-state index contributed by atoms with van der Waals surface area (Å²) < 4.78 is 41.0. The molecule has 1 atom stereocenters. The second-order valence-electron chi connectivity index (χ2n) is 9.46. The summed E-state index contributed by atoms with van der Waals surface area (Å²) in [5, 5.41) is 3.90. The van der Waals surface area contributed by atoms with Gasteiger partial charge in [0, 0.05) is 40.6 Å². The van der Waals surface area contributed by atoms with Crippen LogP contribution in [-0.4, -0.2) is 61.1 Å². The molecule has 0 aliphatic carbocycles. The third-order valence-corrected chi connectivity index (χ3v) is 8.94. The van der Waals surface area contributed by atoms with E-state index in [9.17, 15) is 13.2 Å². The number of hydrogen-bond donors (Lipinski definition) is 1. The molecule has 0 bridgehead atoms. The van der Waals surface area contributed by atoms with Crippen LogP contribution in [0.15, 0.2) is 83.9 Å². The van der Waals surface area contributed by atoms with Crippen molar-refractivity contribution in [1.82, 2.24) is 13.9 Å². The number of carbonyl (C=O) groups excluding carboxylic acids is 1. The van der Waals surface area contributed by atoms with Crippen molar-refractivity contribution in [1.29, 1.82) is 0 Å². The minimum absolute atomic E-state index is 0.0422. The highest BCUT2D eigenvalue weighted by Crippen LogP contribution is 2.27. The average molecular weight is 616 g/mol. The van der Waals surface area contributed by atoms with Crippen LogP contribution in [0.2, 0.25) is 10.0 Å². The van der Waals surface area contributed by atoms with E-state index < -0.39 is 22.5 Å². The Balaban J connectivity index is 1.44. The number of imidazole rings is 1. The summed E-state index contributed by atoms with van der Waals surface area (Å²) in [6.07, 6.45) is 3.00. The first-order valence-electron chi connectivity index (χ1n) is 12.9. The van der Waals surface area contributed by atoms with Crippen LogP contribution < -0.4 is 10.1 Å². The zero-order valence-corrected chi connectivity index (χ0v) is 24.5. The van der Waals surface area contributed by atoms with Gasteiger partial charge in [-0.25, -0.2) is 13.4 Å². The van der Waals surface area contributed by atoms with Crippen molar-refractivity contribution in [3.63, 3.8) is 0 Å². The molecule has 9 nitrogen and oxygen atoms in total. The molecule has 4 aromatic rings. The summed E-state index contributed by atoms with van der Waals surface area (Å²) in [7, 11) is -2.53. The maximum Gasteiger partial charge on any atom is 0.243 e. The number of benzene rings is 3. The van der Waals surface area contributed by atoms with Gasteiger partial charge in [-0.05, 0) is 67.4 Å². The fourth-order valence-corrected chi connectivity index (χ4v) is 6.27. The molecule has 214 valence electrons. The minimum atomic E-state index is -4.03. The van der Waals surface area contributed by atoms with Crippen molar-refractivity contribution in [2.24, 2.45) is 0 Å². The molecule has 1 aliphatic heterocycles. The van der Waals surface area contributed by atoms with E-state index in [4.69, 9.17) is 32.7 Å². The smallest absolute Gasteiger partial charge is 0.243 e. The largest absolute Gasteiger partial charge is 0.497 e. The van der Waals surface area contributed by atoms with Crippen LogP contribution in [0.4, 0.5) is 5.95 Å². The van der Waals surface area contributed by atoms with E-state index in [1.807, 2.05) is 18.2 Å². The van der Waals surface area contributed by atoms with Gasteiger partial charge in [0.25, 0.3) is 0 Å². The van der Waals surface area contributed by atoms with Crippen LogP contribution in [0.1, 0.15) is 12.8 Å². The number of rotatable bonds is 10. The van der Waals surface area contributed by atoms with Gasteiger partial charge in [-0.15, -0.1) is 0 Å². The van der Waals surface area contributed by atoms with Gasteiger partial charge in [0.15, 0.2) is 0 Å². The van der Waals surface area contributed by atoms with E-state index in [0.717, 1.165) is 16.3 Å². The number of nitrogens with one attached hydrogen (secondary N) is 1. The Bertz CT molecular complexity index is 1620. The molecule has 3 aromatic carbocycles. The maximum atomic E-state index is 13.7. The average Bonchev–Trinajstić information content (AvgIpc) is 3.63. The lowest BCUT2D eigenvalue weighted by atomic mass is 10.2. The first-order chi connectivity index (χ1) is 19.7. The number of ether oxygens (including phenoxy) is 2. The molecule has 1 amide bonds. The van der Waals surface area contributed by atoms with Crippen molar-refractivity contribution < 1.29 is 22.7 Å². The highest BCUT2D eigenvalue weighted by Gasteiger charge is 2.31. The zero-order chi connectivity index (χ0) is 29.0. The Morgan fingerprint density at radius 1 is 1.10 bits per heavy atom. The molecule has 12 heteroatoms. The standard InChI is InChI=1S/C29H28Cl2N4O5S/c1-39-24-11-13-26(14-12-24)41(37,38)34(17-25-6-3-15-40-25)19-28(36)33-29-32-27(20-7-9-21(30)10-8-20)18-35(29)23-5-2-4-22(31)16-23/h2,4-5,7-14,16,18,25H,3,6,15,17,19H2,1H3,(H,32,33,36)/t25-/m1/s1. The van der Waals surface area contributed by atoms with Crippen molar-refractivity contribution in [3.8, 4) is 22.7 Å². The molecule has 0 saturated carbocycles. The molecule has 1 aromatic heterocycles. The van der Waals surface area contributed by atoms with Gasteiger partial charge in [-0.2, -0.15) is 4.31 Å². The van der Waals surface area contributed by atoms with E-state index in [1.54, 1.807) is 53.2 Å². The van der Waals surface area contributed by atoms with Gasteiger partial charge in [0.05, 0.1) is 30.3 Å². The van der Waals surface area contributed by atoms with Gasteiger partial charge in [0.2, 0.25) is 21.9 Å². The lowest BCUT2D eigenvalue weighted by molar-refractivity contribution is -0.116. The molecule has 1 N–H and O–H groups in total. The number of aromatic nitrogens is 2. The number of sulfonamides is 1. The van der Waals surface area contributed by atoms with Gasteiger partial charge in [-0.3, -0.25) is 14.7 Å². The maximum absolute atomic E-state index is 13.7. The molecule has 1 aliphatic rings. The highest BCUT2D eigenvalue weighted by atomic mass is 35.5. The number of carbonyl (C=O) groups is 1. The third-order valence-electron chi connectivity index (χ3n) is 6.63. The summed E-state index contributed by atoms with van der Waals surface area (Å²) in [4.78, 5) is 18.1. The van der Waals surface area contributed by atoms with Gasteiger partial charge in [-0.1, -0.05) is 41.4 Å². The minimum Gasteiger partial charge on any atom is -0.497 e. The quantitative estimate of drug-likeness (QED) is 0.247. The molecular weight excluding hydrogens is 587 g/mol. The van der Waals surface area contributed by atoms with Crippen molar-refractivity contribution in [2.45, 2.75) is 23.8 Å². The Kier molecular flexibility index (Phi) is 8.96. The molecule has 0 spiro atoms. The van der Waals surface area contributed by atoms with Crippen LogP contribution in [0.5, 0.6) is 5.75 Å². The second kappa shape index (κ2) is 12.6. The lowest BCUT2D eigenvalue weighted by Crippen LogP contribution is -2.42. The summed E-state index contributed by atoms with van der Waals surface area (Å²) in [6.45, 7) is 0.158. The number of amides is 1. The number of nitrogens with zero attached hydrogens (tertiary/aromatic N) is 3. The Morgan fingerprint density at radius 3 is 2.51 bits per heavy atom. The fourth-order valence-electron chi connectivity index (χ4n) is 4.54. The third kappa shape index (κ3) is 6.91. The van der Waals surface area contributed by atoms with Crippen molar-refractivity contribution in [3.05, 3.63) is 89.0 Å². The molecule has 5 rings (SSSR count). The monoisotopic (exact) mass is 614 g/mol. The predicted octanol–water partition coefficient (Wildman–Crippen LogP) is 5.66. The Hall–Kier alpha value is -3.41. The van der Waals surface area contributed by atoms with Crippen molar-refractivity contribution in [2.75, 3.05) is 32.1 Å². The summed E-state index contributed by atoms with van der Waals surface area (Å²) in [6, 6.07) is 20.3. The van der Waals surface area contributed by atoms with Gasteiger partial charge in [0.1, 0.15) is 5.75 Å². The van der Waals surface area contributed by atoms with Crippen molar-refractivity contribution >= 4 is 45.1 Å². The van der Waals surface area contributed by atoms with Crippen LogP contribution in [-0.2, 0) is 19.6 Å². The van der Waals surface area contributed by atoms with E-state index in [2.05, 4.69) is 10.3 Å². The summed E-state index contributed by atoms with van der Waals surface area (Å²) in [5.74, 6) is 0.175. The topological polar surface area (TPSA) is 103 Å². The van der Waals surface area contributed by atoms with Gasteiger partial charge >= 0.3 is 0 Å². The molecule has 1 saturated heterocycles. The predicted molar refractivity (Wildman–Crippen MR) is 158 cm³/mol. The highest BCUT2D eigenvalue weighted by molar-refractivity contribution is 7.89. The number of methoxy groups -OCH3 is 1. The summed E-state index contributed by atoms with van der Waals surface area (Å²) in [5.41, 5.74) is 2.04. The molecule has 0 radical (unpaired) electrons. The SMILES string of the molecule is COc1ccc(S(=O)(=O)N(CC(=O)Nc2nc(-c3ccc(Cl)cc3)cn2-c2cccc(Cl)c2)C[C@H]2CCCO2)cc1. The van der Waals surface area contributed by atoms with E-state index in [-0.39, 0.29) is 23.5 Å².